The van der Waals surface area contributed by atoms with Crippen LogP contribution in [0.15, 0.2) is 0 Å². The standard InChI is InChI=1S/C23H32/c1-10-13-5-6-16-20(3)11(2)19-22(16)8-12-7-14-17(13)15(9-22)21(20,4)23(12,19)18(10)14/h10-19H,5-9H2,1-4H3. The summed E-state index contributed by atoms with van der Waals surface area (Å²) in [5, 5.41) is 0. The van der Waals surface area contributed by atoms with Crippen LogP contribution in [-0.4, -0.2) is 0 Å². The highest BCUT2D eigenvalue weighted by atomic mass is 15.0. The van der Waals surface area contributed by atoms with Gasteiger partial charge in [0.2, 0.25) is 0 Å². The van der Waals surface area contributed by atoms with E-state index in [1.807, 2.05) is 0 Å². The normalized spacial score (nSPS) is 86.1. The first-order valence-electron chi connectivity index (χ1n) is 11.0. The van der Waals surface area contributed by atoms with Gasteiger partial charge in [0.1, 0.15) is 0 Å². The summed E-state index contributed by atoms with van der Waals surface area (Å²) in [5.41, 5.74) is 3.08. The molecule has 11 rings (SSSR count). The van der Waals surface area contributed by atoms with Crippen LogP contribution in [0.1, 0.15) is 59.8 Å². The number of fused-ring (bicyclic) bond motifs is 1. The highest BCUT2D eigenvalue weighted by molar-refractivity contribution is 5.45. The Bertz CT molecular complexity index is 694. The average Bonchev–Trinajstić information content (AvgIpc) is 3.05. The van der Waals surface area contributed by atoms with Gasteiger partial charge < -0.3 is 0 Å². The first kappa shape index (κ1) is 12.4. The summed E-state index contributed by atoms with van der Waals surface area (Å²) in [4.78, 5) is 0. The zero-order chi connectivity index (χ0) is 15.3. The van der Waals surface area contributed by atoms with Gasteiger partial charge >= 0.3 is 0 Å². The molecule has 11 saturated carbocycles. The maximum Gasteiger partial charge on any atom is -0.0137 e. The van der Waals surface area contributed by atoms with Crippen LogP contribution in [0.3, 0.4) is 0 Å². The largest absolute Gasteiger partial charge is 0.0619 e. The van der Waals surface area contributed by atoms with Gasteiger partial charge in [-0.2, -0.15) is 0 Å². The summed E-state index contributed by atoms with van der Waals surface area (Å²) in [5.74, 6) is 11.3. The molecule has 0 heteroatoms. The summed E-state index contributed by atoms with van der Waals surface area (Å²) in [7, 11) is 0. The minimum absolute atomic E-state index is 0.705. The molecule has 0 nitrogen and oxygen atoms in total. The summed E-state index contributed by atoms with van der Waals surface area (Å²) in [6.45, 7) is 11.2. The van der Waals surface area contributed by atoms with Crippen molar-refractivity contribution in [1.29, 1.82) is 0 Å². The summed E-state index contributed by atoms with van der Waals surface area (Å²) in [6, 6.07) is 0. The van der Waals surface area contributed by atoms with Gasteiger partial charge in [-0.15, -0.1) is 0 Å². The van der Waals surface area contributed by atoms with Gasteiger partial charge in [0, 0.05) is 0 Å². The third-order valence-electron chi connectivity index (χ3n) is 13.7. The molecule has 0 aromatic heterocycles. The minimum Gasteiger partial charge on any atom is -0.0619 e. The molecule has 14 atom stereocenters. The van der Waals surface area contributed by atoms with Crippen LogP contribution in [0.4, 0.5) is 0 Å². The molecule has 124 valence electrons. The molecule has 23 heavy (non-hydrogen) atoms. The maximum absolute atomic E-state index is 2.89. The van der Waals surface area contributed by atoms with E-state index in [9.17, 15) is 0 Å². The van der Waals surface area contributed by atoms with E-state index in [1.165, 1.54) is 5.92 Å². The van der Waals surface area contributed by atoms with Crippen molar-refractivity contribution >= 4 is 0 Å². The lowest BCUT2D eigenvalue weighted by Crippen LogP contribution is -2.69. The fourth-order valence-corrected chi connectivity index (χ4v) is 14.4. The second kappa shape index (κ2) is 2.79. The van der Waals surface area contributed by atoms with Crippen molar-refractivity contribution in [3.8, 4) is 0 Å². The van der Waals surface area contributed by atoms with E-state index in [-0.39, 0.29) is 0 Å². The highest BCUT2D eigenvalue weighted by Crippen LogP contribution is 3.02. The predicted molar refractivity (Wildman–Crippen MR) is 90.4 cm³/mol. The molecular formula is C23H32. The molecule has 10 bridgehead atoms. The Labute approximate surface area is 141 Å². The molecule has 11 aliphatic rings. The van der Waals surface area contributed by atoms with Crippen LogP contribution in [0, 0.1) is 80.8 Å². The maximum atomic E-state index is 2.89. The zero-order valence-corrected chi connectivity index (χ0v) is 15.3. The Morgan fingerprint density at radius 2 is 1.78 bits per heavy atom. The molecule has 0 aromatic rings. The van der Waals surface area contributed by atoms with Crippen molar-refractivity contribution < 1.29 is 0 Å². The predicted octanol–water partition coefficient (Wildman–Crippen LogP) is 5.23. The fraction of sp³-hybridized carbons (Fsp3) is 1.00. The Hall–Kier alpha value is 0. The van der Waals surface area contributed by atoms with E-state index in [0.717, 1.165) is 69.5 Å². The van der Waals surface area contributed by atoms with Gasteiger partial charge in [-0.05, 0) is 113 Å². The Morgan fingerprint density at radius 1 is 0.957 bits per heavy atom. The quantitative estimate of drug-likeness (QED) is 0.574. The average molecular weight is 309 g/mol. The van der Waals surface area contributed by atoms with Crippen molar-refractivity contribution in [3.63, 3.8) is 0 Å². The van der Waals surface area contributed by atoms with Gasteiger partial charge in [-0.1, -0.05) is 27.7 Å². The van der Waals surface area contributed by atoms with Crippen molar-refractivity contribution in [2.75, 3.05) is 0 Å². The molecule has 0 N–H and O–H groups in total. The molecule has 0 radical (unpaired) electrons. The first-order valence-corrected chi connectivity index (χ1v) is 11.0. The van der Waals surface area contributed by atoms with E-state index < -0.39 is 0 Å². The monoisotopic (exact) mass is 308 g/mol. The van der Waals surface area contributed by atoms with Crippen LogP contribution in [0.25, 0.3) is 0 Å². The molecule has 0 saturated heterocycles. The van der Waals surface area contributed by atoms with Crippen LogP contribution in [0.5, 0.6) is 0 Å². The van der Waals surface area contributed by atoms with Gasteiger partial charge in [0.25, 0.3) is 0 Å². The highest BCUT2D eigenvalue weighted by Gasteiger charge is 2.98. The zero-order valence-electron chi connectivity index (χ0n) is 15.3. The SMILES string of the molecule is CC1C2CCC3C45CC6CC7C2C(C4)C2(C)C3(C)C(C)C5C62C17. The fourth-order valence-electron chi connectivity index (χ4n) is 14.4. The Balaban J connectivity index is 1.62. The molecule has 11 fully saturated rings. The second-order valence-electron chi connectivity index (χ2n) is 12.3. The van der Waals surface area contributed by atoms with Crippen molar-refractivity contribution in [2.24, 2.45) is 80.8 Å². The smallest absolute Gasteiger partial charge is 0.0137 e. The Morgan fingerprint density at radius 3 is 2.61 bits per heavy atom. The van der Waals surface area contributed by atoms with Crippen LogP contribution >= 0.6 is 0 Å². The van der Waals surface area contributed by atoms with Crippen molar-refractivity contribution in [3.05, 3.63) is 0 Å². The molecule has 14 unspecified atom stereocenters. The van der Waals surface area contributed by atoms with Crippen LogP contribution in [-0.2, 0) is 0 Å². The van der Waals surface area contributed by atoms with E-state index in [0.29, 0.717) is 5.41 Å². The number of hydrogen-bond acceptors (Lipinski definition) is 0. The topological polar surface area (TPSA) is 0 Å². The van der Waals surface area contributed by atoms with Crippen LogP contribution in [0.2, 0.25) is 0 Å². The van der Waals surface area contributed by atoms with E-state index in [2.05, 4.69) is 27.7 Å². The molecule has 0 amide bonds. The molecule has 2 spiro atoms. The molecule has 0 heterocycles. The molecular weight excluding hydrogens is 276 g/mol. The minimum atomic E-state index is 0.705. The third kappa shape index (κ3) is 0.689. The summed E-state index contributed by atoms with van der Waals surface area (Å²) < 4.78 is 0. The van der Waals surface area contributed by atoms with Gasteiger partial charge in [-0.25, -0.2) is 0 Å². The molecule has 0 aromatic carbocycles. The van der Waals surface area contributed by atoms with Gasteiger partial charge in [-0.3, -0.25) is 0 Å². The van der Waals surface area contributed by atoms with Crippen LogP contribution < -0.4 is 0 Å². The molecule has 11 aliphatic carbocycles. The lowest BCUT2D eigenvalue weighted by Gasteiger charge is -2.73. The van der Waals surface area contributed by atoms with E-state index in [1.54, 1.807) is 32.1 Å². The lowest BCUT2D eigenvalue weighted by molar-refractivity contribution is -0.262. The molecule has 0 aliphatic heterocycles. The van der Waals surface area contributed by atoms with E-state index in [4.69, 9.17) is 0 Å². The van der Waals surface area contributed by atoms with Crippen molar-refractivity contribution in [2.45, 2.75) is 59.8 Å². The number of rotatable bonds is 0. The van der Waals surface area contributed by atoms with Gasteiger partial charge in [0.15, 0.2) is 0 Å². The van der Waals surface area contributed by atoms with Crippen molar-refractivity contribution in [1.82, 2.24) is 0 Å². The summed E-state index contributed by atoms with van der Waals surface area (Å²) in [6.07, 6.45) is 8.29. The third-order valence-corrected chi connectivity index (χ3v) is 13.7. The summed E-state index contributed by atoms with van der Waals surface area (Å²) >= 11 is 0. The first-order chi connectivity index (χ1) is 11.0. The van der Waals surface area contributed by atoms with Gasteiger partial charge in [0.05, 0.1) is 0 Å². The lowest BCUT2D eigenvalue weighted by atomic mass is 9.31. The number of hydrogen-bond donors (Lipinski definition) is 0. The second-order valence-corrected chi connectivity index (χ2v) is 12.3. The Kier molecular flexibility index (Phi) is 1.50. The van der Waals surface area contributed by atoms with E-state index >= 15 is 0 Å².